The number of nitrogens with one attached hydrogen (secondary N) is 2. The Morgan fingerprint density at radius 3 is 2.87 bits per heavy atom. The van der Waals surface area contributed by atoms with E-state index in [1.165, 1.54) is 12.3 Å². The summed E-state index contributed by atoms with van der Waals surface area (Å²) in [6.07, 6.45) is 2.31. The summed E-state index contributed by atoms with van der Waals surface area (Å²) in [5.74, 6) is 0.479. The van der Waals surface area contributed by atoms with Crippen molar-refractivity contribution >= 4 is 5.82 Å². The lowest BCUT2D eigenvalue weighted by molar-refractivity contribution is 0.612. The molecule has 1 aromatic rings. The SMILES string of the molecule is CCCNCc1cc(F)cnc1NCC. The predicted octanol–water partition coefficient (Wildman–Crippen LogP) is 2.15. The molecule has 0 aliphatic carbocycles. The second-order valence-corrected chi connectivity index (χ2v) is 3.37. The fourth-order valence-electron chi connectivity index (χ4n) is 1.34. The van der Waals surface area contributed by atoms with Gasteiger partial charge >= 0.3 is 0 Å². The van der Waals surface area contributed by atoms with Gasteiger partial charge in [0.25, 0.3) is 0 Å². The molecule has 0 bridgehead atoms. The van der Waals surface area contributed by atoms with Gasteiger partial charge in [0.15, 0.2) is 0 Å². The van der Waals surface area contributed by atoms with Crippen LogP contribution in [0.4, 0.5) is 10.2 Å². The standard InChI is InChI=1S/C11H18FN3/c1-3-5-13-7-9-6-10(12)8-15-11(9)14-4-2/h6,8,13H,3-5,7H2,1-2H3,(H,14,15). The van der Waals surface area contributed by atoms with Gasteiger partial charge in [-0.25, -0.2) is 9.37 Å². The summed E-state index contributed by atoms with van der Waals surface area (Å²) in [5.41, 5.74) is 0.880. The number of nitrogens with zero attached hydrogens (tertiary/aromatic N) is 1. The van der Waals surface area contributed by atoms with Gasteiger partial charge in [0.2, 0.25) is 0 Å². The largest absolute Gasteiger partial charge is 0.370 e. The van der Waals surface area contributed by atoms with Gasteiger partial charge in [0.05, 0.1) is 6.20 Å². The van der Waals surface area contributed by atoms with Crippen molar-refractivity contribution in [3.63, 3.8) is 0 Å². The van der Waals surface area contributed by atoms with Gasteiger partial charge < -0.3 is 10.6 Å². The normalized spacial score (nSPS) is 10.3. The highest BCUT2D eigenvalue weighted by molar-refractivity contribution is 5.43. The van der Waals surface area contributed by atoms with Crippen molar-refractivity contribution in [3.05, 3.63) is 23.6 Å². The third kappa shape index (κ3) is 3.83. The van der Waals surface area contributed by atoms with Crippen molar-refractivity contribution in [2.75, 3.05) is 18.4 Å². The van der Waals surface area contributed by atoms with E-state index in [1.807, 2.05) is 6.92 Å². The zero-order chi connectivity index (χ0) is 11.1. The van der Waals surface area contributed by atoms with E-state index < -0.39 is 0 Å². The minimum atomic E-state index is -0.287. The first-order chi connectivity index (χ1) is 7.27. The summed E-state index contributed by atoms with van der Waals surface area (Å²) < 4.78 is 13.0. The molecular formula is C11H18FN3. The Hall–Kier alpha value is -1.16. The Morgan fingerprint density at radius 2 is 2.20 bits per heavy atom. The molecule has 0 atom stereocenters. The van der Waals surface area contributed by atoms with Crippen LogP contribution in [0.5, 0.6) is 0 Å². The highest BCUT2D eigenvalue weighted by atomic mass is 19.1. The van der Waals surface area contributed by atoms with Crippen LogP contribution in [0.1, 0.15) is 25.8 Å². The molecule has 84 valence electrons. The van der Waals surface area contributed by atoms with E-state index in [2.05, 4.69) is 22.5 Å². The van der Waals surface area contributed by atoms with Crippen LogP contribution in [0.3, 0.4) is 0 Å². The van der Waals surface area contributed by atoms with E-state index in [-0.39, 0.29) is 5.82 Å². The predicted molar refractivity (Wildman–Crippen MR) is 60.4 cm³/mol. The summed E-state index contributed by atoms with van der Waals surface area (Å²) in [6, 6.07) is 1.52. The summed E-state index contributed by atoms with van der Waals surface area (Å²) in [6.45, 7) is 6.47. The Balaban J connectivity index is 2.68. The van der Waals surface area contributed by atoms with E-state index >= 15 is 0 Å². The quantitative estimate of drug-likeness (QED) is 0.708. The van der Waals surface area contributed by atoms with E-state index in [9.17, 15) is 4.39 Å². The maximum absolute atomic E-state index is 13.0. The molecule has 15 heavy (non-hydrogen) atoms. The molecule has 4 heteroatoms. The number of rotatable bonds is 6. The lowest BCUT2D eigenvalue weighted by Gasteiger charge is -2.10. The van der Waals surface area contributed by atoms with Crippen molar-refractivity contribution in [2.45, 2.75) is 26.8 Å². The van der Waals surface area contributed by atoms with Crippen molar-refractivity contribution < 1.29 is 4.39 Å². The highest BCUT2D eigenvalue weighted by Gasteiger charge is 2.04. The smallest absolute Gasteiger partial charge is 0.141 e. The fourth-order valence-corrected chi connectivity index (χ4v) is 1.34. The van der Waals surface area contributed by atoms with Gasteiger partial charge in [-0.1, -0.05) is 6.92 Å². The molecular weight excluding hydrogens is 193 g/mol. The Bertz CT molecular complexity index is 302. The number of anilines is 1. The van der Waals surface area contributed by atoms with E-state index in [4.69, 9.17) is 0 Å². The van der Waals surface area contributed by atoms with Crippen molar-refractivity contribution in [2.24, 2.45) is 0 Å². The lowest BCUT2D eigenvalue weighted by Crippen LogP contribution is -2.16. The lowest BCUT2D eigenvalue weighted by atomic mass is 10.2. The van der Waals surface area contributed by atoms with Crippen LogP contribution < -0.4 is 10.6 Å². The maximum atomic E-state index is 13.0. The van der Waals surface area contributed by atoms with Crippen molar-refractivity contribution in [1.29, 1.82) is 0 Å². The molecule has 0 fully saturated rings. The highest BCUT2D eigenvalue weighted by Crippen LogP contribution is 2.12. The van der Waals surface area contributed by atoms with Gasteiger partial charge in [-0.3, -0.25) is 0 Å². The molecule has 0 aliphatic heterocycles. The first kappa shape index (κ1) is 11.9. The zero-order valence-electron chi connectivity index (χ0n) is 9.31. The van der Waals surface area contributed by atoms with Crippen LogP contribution in [0.2, 0.25) is 0 Å². The van der Waals surface area contributed by atoms with Crippen molar-refractivity contribution in [3.8, 4) is 0 Å². The average molecular weight is 211 g/mol. The molecule has 0 saturated carbocycles. The van der Waals surface area contributed by atoms with Gasteiger partial charge in [-0.15, -0.1) is 0 Å². The topological polar surface area (TPSA) is 37.0 Å². The number of hydrogen-bond donors (Lipinski definition) is 2. The molecule has 0 radical (unpaired) electrons. The number of halogens is 1. The third-order valence-corrected chi connectivity index (χ3v) is 2.02. The molecule has 1 rings (SSSR count). The van der Waals surface area contributed by atoms with Crippen molar-refractivity contribution in [1.82, 2.24) is 10.3 Å². The molecule has 0 aromatic carbocycles. The second kappa shape index (κ2) is 6.35. The molecule has 0 amide bonds. The van der Waals surface area contributed by atoms with Crippen LogP contribution in [0, 0.1) is 5.82 Å². The zero-order valence-corrected chi connectivity index (χ0v) is 9.31. The number of pyridine rings is 1. The van der Waals surface area contributed by atoms with Gasteiger partial charge in [0.1, 0.15) is 11.6 Å². The molecule has 0 spiro atoms. The van der Waals surface area contributed by atoms with Crippen LogP contribution in [-0.2, 0) is 6.54 Å². The summed E-state index contributed by atoms with van der Waals surface area (Å²) in [7, 11) is 0. The molecule has 0 aliphatic rings. The average Bonchev–Trinajstić information content (AvgIpc) is 2.22. The van der Waals surface area contributed by atoms with Gasteiger partial charge in [-0.2, -0.15) is 0 Å². The summed E-state index contributed by atoms with van der Waals surface area (Å²) in [5, 5.41) is 6.34. The molecule has 1 heterocycles. The maximum Gasteiger partial charge on any atom is 0.141 e. The van der Waals surface area contributed by atoms with Crippen LogP contribution in [0.15, 0.2) is 12.3 Å². The second-order valence-electron chi connectivity index (χ2n) is 3.37. The number of hydrogen-bond acceptors (Lipinski definition) is 3. The Morgan fingerprint density at radius 1 is 1.40 bits per heavy atom. The monoisotopic (exact) mass is 211 g/mol. The molecule has 0 saturated heterocycles. The Kier molecular flexibility index (Phi) is 5.04. The first-order valence-corrected chi connectivity index (χ1v) is 5.37. The first-order valence-electron chi connectivity index (χ1n) is 5.37. The fraction of sp³-hybridized carbons (Fsp3) is 0.545. The summed E-state index contributed by atoms with van der Waals surface area (Å²) >= 11 is 0. The van der Waals surface area contributed by atoms with Crippen LogP contribution in [0.25, 0.3) is 0 Å². The van der Waals surface area contributed by atoms with Crippen LogP contribution >= 0.6 is 0 Å². The van der Waals surface area contributed by atoms with Crippen LogP contribution in [-0.4, -0.2) is 18.1 Å². The number of aromatic nitrogens is 1. The third-order valence-electron chi connectivity index (χ3n) is 2.02. The van der Waals surface area contributed by atoms with Gasteiger partial charge in [-0.05, 0) is 26.0 Å². The Labute approximate surface area is 90.1 Å². The molecule has 2 N–H and O–H groups in total. The van der Waals surface area contributed by atoms with E-state index in [1.54, 1.807) is 0 Å². The van der Waals surface area contributed by atoms with Gasteiger partial charge in [0, 0.05) is 18.7 Å². The molecule has 3 nitrogen and oxygen atoms in total. The minimum Gasteiger partial charge on any atom is -0.370 e. The summed E-state index contributed by atoms with van der Waals surface area (Å²) in [4.78, 5) is 4.02. The molecule has 0 unspecified atom stereocenters. The van der Waals surface area contributed by atoms with E-state index in [0.717, 1.165) is 30.9 Å². The minimum absolute atomic E-state index is 0.287. The van der Waals surface area contributed by atoms with E-state index in [0.29, 0.717) is 6.54 Å². The molecule has 1 aromatic heterocycles.